The number of carbonyl (C=O) groups is 1. The monoisotopic (exact) mass is 370 g/mol. The minimum atomic E-state index is -0.252. The molecule has 1 aliphatic carbocycles. The lowest BCUT2D eigenvalue weighted by atomic mass is 9.88. The van der Waals surface area contributed by atoms with E-state index in [1.165, 1.54) is 25.5 Å². The highest BCUT2D eigenvalue weighted by atomic mass is 16.5. The highest BCUT2D eigenvalue weighted by Gasteiger charge is 2.21. The highest BCUT2D eigenvalue weighted by Crippen LogP contribution is 2.26. The Labute approximate surface area is 159 Å². The van der Waals surface area contributed by atoms with Crippen LogP contribution < -0.4 is 15.4 Å². The van der Waals surface area contributed by atoms with Crippen molar-refractivity contribution < 1.29 is 14.3 Å². The minimum Gasteiger partial charge on any atom is -0.438 e. The number of ether oxygens (including phenoxy) is 2. The minimum absolute atomic E-state index is 0.252. The molecule has 144 valence electrons. The van der Waals surface area contributed by atoms with Crippen molar-refractivity contribution in [3.63, 3.8) is 0 Å². The summed E-state index contributed by atoms with van der Waals surface area (Å²) < 4.78 is 11.5. The van der Waals surface area contributed by atoms with Gasteiger partial charge in [-0.15, -0.1) is 0 Å². The summed E-state index contributed by atoms with van der Waals surface area (Å²) >= 11 is 0. The zero-order valence-electron chi connectivity index (χ0n) is 15.6. The van der Waals surface area contributed by atoms with Crippen LogP contribution in [0.4, 0.5) is 10.5 Å². The smallest absolute Gasteiger partial charge is 0.319 e. The third-order valence-corrected chi connectivity index (χ3v) is 4.63. The molecule has 0 saturated heterocycles. The van der Waals surface area contributed by atoms with Gasteiger partial charge in [0.1, 0.15) is 5.75 Å². The standard InChI is InChI=1S/C20H26N4O3/c1-15-4-2-3-5-18(15)26-13-12-23-20(25)24-16-6-8-17(9-7-16)27-19-14-21-10-11-22-19/h6-11,14-15,18H,2-5,12-13H2,1H3,(H2,23,24,25)/t15-,18-/m0/s1. The Hall–Kier alpha value is -2.67. The second-order valence-electron chi connectivity index (χ2n) is 6.72. The largest absolute Gasteiger partial charge is 0.438 e. The Morgan fingerprint density at radius 3 is 2.74 bits per heavy atom. The van der Waals surface area contributed by atoms with E-state index >= 15 is 0 Å². The van der Waals surface area contributed by atoms with Gasteiger partial charge in [-0.2, -0.15) is 0 Å². The molecule has 2 aromatic rings. The predicted molar refractivity (Wildman–Crippen MR) is 103 cm³/mol. The van der Waals surface area contributed by atoms with Gasteiger partial charge in [-0.3, -0.25) is 4.98 Å². The summed E-state index contributed by atoms with van der Waals surface area (Å²) in [4.78, 5) is 20.0. The molecule has 1 aliphatic rings. The van der Waals surface area contributed by atoms with Gasteiger partial charge in [-0.1, -0.05) is 19.8 Å². The molecule has 2 atom stereocenters. The van der Waals surface area contributed by atoms with E-state index in [1.54, 1.807) is 36.7 Å². The highest BCUT2D eigenvalue weighted by molar-refractivity contribution is 5.89. The van der Waals surface area contributed by atoms with Gasteiger partial charge in [0.15, 0.2) is 0 Å². The Morgan fingerprint density at radius 2 is 2.00 bits per heavy atom. The Bertz CT molecular complexity index is 709. The van der Waals surface area contributed by atoms with Crippen LogP contribution in [0.1, 0.15) is 32.6 Å². The molecule has 7 nitrogen and oxygen atoms in total. The molecule has 0 bridgehead atoms. The van der Waals surface area contributed by atoms with Crippen molar-refractivity contribution in [1.82, 2.24) is 15.3 Å². The number of aromatic nitrogens is 2. The summed E-state index contributed by atoms with van der Waals surface area (Å²) in [5.74, 6) is 1.65. The molecule has 0 spiro atoms. The third-order valence-electron chi connectivity index (χ3n) is 4.63. The molecular formula is C20H26N4O3. The number of rotatable bonds is 7. The predicted octanol–water partition coefficient (Wildman–Crippen LogP) is 3.99. The fourth-order valence-corrected chi connectivity index (χ4v) is 3.15. The molecule has 1 aromatic carbocycles. The number of amides is 2. The lowest BCUT2D eigenvalue weighted by Crippen LogP contribution is -2.34. The van der Waals surface area contributed by atoms with Crippen LogP contribution in [-0.2, 0) is 4.74 Å². The molecule has 1 fully saturated rings. The number of urea groups is 1. The molecule has 1 saturated carbocycles. The first-order valence-corrected chi connectivity index (χ1v) is 9.41. The first kappa shape index (κ1) is 19.1. The average Bonchev–Trinajstić information content (AvgIpc) is 2.69. The van der Waals surface area contributed by atoms with Crippen molar-refractivity contribution in [2.45, 2.75) is 38.7 Å². The van der Waals surface area contributed by atoms with Crippen LogP contribution in [0.2, 0.25) is 0 Å². The van der Waals surface area contributed by atoms with Crippen LogP contribution in [0.5, 0.6) is 11.6 Å². The summed E-state index contributed by atoms with van der Waals surface area (Å²) in [6.45, 7) is 3.26. The fourth-order valence-electron chi connectivity index (χ4n) is 3.15. The topological polar surface area (TPSA) is 85.4 Å². The summed E-state index contributed by atoms with van der Waals surface area (Å²) in [6, 6.07) is 6.81. The van der Waals surface area contributed by atoms with Gasteiger partial charge in [-0.25, -0.2) is 9.78 Å². The number of benzene rings is 1. The van der Waals surface area contributed by atoms with E-state index in [4.69, 9.17) is 9.47 Å². The van der Waals surface area contributed by atoms with Gasteiger partial charge < -0.3 is 20.1 Å². The number of nitrogens with one attached hydrogen (secondary N) is 2. The van der Waals surface area contributed by atoms with Crippen molar-refractivity contribution in [3.05, 3.63) is 42.9 Å². The quantitative estimate of drug-likeness (QED) is 0.720. The number of nitrogens with zero attached hydrogens (tertiary/aromatic N) is 2. The second kappa shape index (κ2) is 9.87. The molecular weight excluding hydrogens is 344 g/mol. The van der Waals surface area contributed by atoms with E-state index in [-0.39, 0.29) is 6.03 Å². The van der Waals surface area contributed by atoms with Crippen LogP contribution in [0.3, 0.4) is 0 Å². The molecule has 7 heteroatoms. The Balaban J connectivity index is 1.36. The summed E-state index contributed by atoms with van der Waals surface area (Å²) in [6.07, 6.45) is 9.89. The van der Waals surface area contributed by atoms with Crippen molar-refractivity contribution in [2.24, 2.45) is 5.92 Å². The van der Waals surface area contributed by atoms with Gasteiger partial charge in [0.05, 0.1) is 18.9 Å². The number of carbonyl (C=O) groups excluding carboxylic acids is 1. The Morgan fingerprint density at radius 1 is 1.19 bits per heavy atom. The van der Waals surface area contributed by atoms with Crippen molar-refractivity contribution in [3.8, 4) is 11.6 Å². The third kappa shape index (κ3) is 6.21. The number of hydrogen-bond acceptors (Lipinski definition) is 5. The second-order valence-corrected chi connectivity index (χ2v) is 6.72. The molecule has 0 radical (unpaired) electrons. The van der Waals surface area contributed by atoms with Crippen molar-refractivity contribution >= 4 is 11.7 Å². The van der Waals surface area contributed by atoms with E-state index in [1.807, 2.05) is 0 Å². The van der Waals surface area contributed by atoms with Crippen LogP contribution in [-0.4, -0.2) is 35.3 Å². The van der Waals surface area contributed by atoms with Gasteiger partial charge in [0, 0.05) is 24.6 Å². The van der Waals surface area contributed by atoms with E-state index in [2.05, 4.69) is 27.5 Å². The van der Waals surface area contributed by atoms with Crippen LogP contribution in [0, 0.1) is 5.92 Å². The first-order chi connectivity index (χ1) is 13.2. The molecule has 0 aliphatic heterocycles. The van der Waals surface area contributed by atoms with E-state index in [0.717, 1.165) is 6.42 Å². The normalized spacial score (nSPS) is 19.3. The first-order valence-electron chi connectivity index (χ1n) is 9.41. The maximum absolute atomic E-state index is 12.0. The molecule has 2 amide bonds. The van der Waals surface area contributed by atoms with Gasteiger partial charge in [-0.05, 0) is 43.0 Å². The molecule has 2 N–H and O–H groups in total. The average molecular weight is 370 g/mol. The molecule has 0 unspecified atom stereocenters. The molecule has 3 rings (SSSR count). The number of hydrogen-bond donors (Lipinski definition) is 2. The van der Waals surface area contributed by atoms with E-state index in [0.29, 0.717) is 42.5 Å². The summed E-state index contributed by atoms with van der Waals surface area (Å²) in [5, 5.41) is 5.61. The molecule has 1 aromatic heterocycles. The Kier molecular flexibility index (Phi) is 6.98. The SMILES string of the molecule is C[C@H]1CCCC[C@@H]1OCCNC(=O)Nc1ccc(Oc2cnccn2)cc1. The van der Waals surface area contributed by atoms with E-state index in [9.17, 15) is 4.79 Å². The number of anilines is 1. The fraction of sp³-hybridized carbons (Fsp3) is 0.450. The lowest BCUT2D eigenvalue weighted by Gasteiger charge is -2.28. The molecule has 1 heterocycles. The summed E-state index contributed by atoms with van der Waals surface area (Å²) in [7, 11) is 0. The van der Waals surface area contributed by atoms with Crippen molar-refractivity contribution in [2.75, 3.05) is 18.5 Å². The van der Waals surface area contributed by atoms with E-state index < -0.39 is 0 Å². The zero-order chi connectivity index (χ0) is 18.9. The van der Waals surface area contributed by atoms with Crippen LogP contribution >= 0.6 is 0 Å². The van der Waals surface area contributed by atoms with Gasteiger partial charge >= 0.3 is 6.03 Å². The summed E-state index contributed by atoms with van der Waals surface area (Å²) in [5.41, 5.74) is 0.681. The zero-order valence-corrected chi connectivity index (χ0v) is 15.6. The maximum Gasteiger partial charge on any atom is 0.319 e. The lowest BCUT2D eigenvalue weighted by molar-refractivity contribution is -0.00232. The molecule has 27 heavy (non-hydrogen) atoms. The van der Waals surface area contributed by atoms with Crippen LogP contribution in [0.25, 0.3) is 0 Å². The van der Waals surface area contributed by atoms with Crippen molar-refractivity contribution in [1.29, 1.82) is 0 Å². The maximum atomic E-state index is 12.0. The van der Waals surface area contributed by atoms with Gasteiger partial charge in [0.25, 0.3) is 0 Å². The van der Waals surface area contributed by atoms with Gasteiger partial charge in [0.2, 0.25) is 5.88 Å². The van der Waals surface area contributed by atoms with Crippen LogP contribution in [0.15, 0.2) is 42.9 Å².